The summed E-state index contributed by atoms with van der Waals surface area (Å²) in [7, 11) is 0. The molecule has 0 heterocycles. The standard InChI is InChI=1S/C15H19ClF3N/c16-11-14(8-2-1-3-9-14)20-10-12-4-6-13(7-5-12)15(17,18)19/h4-7,20H,1-3,8-11H2. The Kier molecular flexibility index (Phi) is 4.97. The average molecular weight is 306 g/mol. The molecule has 112 valence electrons. The van der Waals surface area contributed by atoms with Crippen molar-refractivity contribution in [2.75, 3.05) is 5.88 Å². The maximum absolute atomic E-state index is 12.5. The van der Waals surface area contributed by atoms with Crippen LogP contribution in [-0.2, 0) is 12.7 Å². The molecule has 0 aromatic heterocycles. The van der Waals surface area contributed by atoms with Gasteiger partial charge >= 0.3 is 6.18 Å². The molecule has 0 bridgehead atoms. The van der Waals surface area contributed by atoms with Gasteiger partial charge in [-0.15, -0.1) is 11.6 Å². The maximum Gasteiger partial charge on any atom is 0.416 e. The van der Waals surface area contributed by atoms with Gasteiger partial charge in [0.25, 0.3) is 0 Å². The lowest BCUT2D eigenvalue weighted by atomic mass is 9.83. The molecule has 1 fully saturated rings. The van der Waals surface area contributed by atoms with Gasteiger partial charge in [0, 0.05) is 18.0 Å². The van der Waals surface area contributed by atoms with Crippen molar-refractivity contribution in [2.24, 2.45) is 0 Å². The van der Waals surface area contributed by atoms with E-state index in [1.54, 1.807) is 0 Å². The fourth-order valence-corrected chi connectivity index (χ4v) is 3.05. The first-order chi connectivity index (χ1) is 9.45. The minimum atomic E-state index is -4.27. The number of hydrogen-bond acceptors (Lipinski definition) is 1. The lowest BCUT2D eigenvalue weighted by Crippen LogP contribution is -2.48. The highest BCUT2D eigenvalue weighted by Gasteiger charge is 2.31. The van der Waals surface area contributed by atoms with E-state index in [1.807, 2.05) is 0 Å². The van der Waals surface area contributed by atoms with Crippen molar-refractivity contribution in [3.05, 3.63) is 35.4 Å². The molecule has 0 radical (unpaired) electrons. The van der Waals surface area contributed by atoms with Gasteiger partial charge in [0.15, 0.2) is 0 Å². The van der Waals surface area contributed by atoms with Crippen LogP contribution < -0.4 is 5.32 Å². The highest BCUT2D eigenvalue weighted by atomic mass is 35.5. The van der Waals surface area contributed by atoms with Crippen LogP contribution in [0.4, 0.5) is 13.2 Å². The summed E-state index contributed by atoms with van der Waals surface area (Å²) in [4.78, 5) is 0. The molecule has 1 aliphatic rings. The van der Waals surface area contributed by atoms with Crippen LogP contribution in [0.2, 0.25) is 0 Å². The van der Waals surface area contributed by atoms with Gasteiger partial charge in [-0.1, -0.05) is 31.4 Å². The van der Waals surface area contributed by atoms with Gasteiger partial charge in [0.2, 0.25) is 0 Å². The van der Waals surface area contributed by atoms with E-state index >= 15 is 0 Å². The van der Waals surface area contributed by atoms with E-state index in [2.05, 4.69) is 5.32 Å². The first-order valence-corrected chi connectivity index (χ1v) is 7.46. The highest BCUT2D eigenvalue weighted by Crippen LogP contribution is 2.31. The zero-order valence-corrected chi connectivity index (χ0v) is 12.0. The zero-order chi connectivity index (χ0) is 14.6. The van der Waals surface area contributed by atoms with Gasteiger partial charge < -0.3 is 5.32 Å². The van der Waals surface area contributed by atoms with Crippen LogP contribution in [0, 0.1) is 0 Å². The number of hydrogen-bond donors (Lipinski definition) is 1. The largest absolute Gasteiger partial charge is 0.416 e. The van der Waals surface area contributed by atoms with Crippen molar-refractivity contribution < 1.29 is 13.2 Å². The monoisotopic (exact) mass is 305 g/mol. The Morgan fingerprint density at radius 3 is 2.15 bits per heavy atom. The molecule has 2 rings (SSSR count). The van der Waals surface area contributed by atoms with Crippen molar-refractivity contribution in [3.63, 3.8) is 0 Å². The number of benzene rings is 1. The van der Waals surface area contributed by atoms with E-state index in [0.29, 0.717) is 12.4 Å². The highest BCUT2D eigenvalue weighted by molar-refractivity contribution is 6.18. The molecule has 0 atom stereocenters. The quantitative estimate of drug-likeness (QED) is 0.793. The molecule has 5 heteroatoms. The third-order valence-corrected chi connectivity index (χ3v) is 4.53. The van der Waals surface area contributed by atoms with Crippen LogP contribution in [-0.4, -0.2) is 11.4 Å². The molecule has 1 nitrogen and oxygen atoms in total. The summed E-state index contributed by atoms with van der Waals surface area (Å²) in [6.45, 7) is 0.560. The molecule has 1 N–H and O–H groups in total. The van der Waals surface area contributed by atoms with E-state index in [1.165, 1.54) is 18.6 Å². The Morgan fingerprint density at radius 1 is 1.05 bits per heavy atom. The van der Waals surface area contributed by atoms with Gasteiger partial charge in [-0.25, -0.2) is 0 Å². The predicted molar refractivity (Wildman–Crippen MR) is 74.8 cm³/mol. The fraction of sp³-hybridized carbons (Fsp3) is 0.600. The Morgan fingerprint density at radius 2 is 1.65 bits per heavy atom. The summed E-state index contributed by atoms with van der Waals surface area (Å²) >= 11 is 6.08. The second kappa shape index (κ2) is 6.35. The Hall–Kier alpha value is -0.740. The first kappa shape index (κ1) is 15.6. The molecule has 1 saturated carbocycles. The molecule has 20 heavy (non-hydrogen) atoms. The Bertz CT molecular complexity index is 422. The van der Waals surface area contributed by atoms with Gasteiger partial charge in [-0.05, 0) is 30.5 Å². The second-order valence-electron chi connectivity index (χ2n) is 5.52. The average Bonchev–Trinajstić information content (AvgIpc) is 2.46. The van der Waals surface area contributed by atoms with Crippen LogP contribution in [0.25, 0.3) is 0 Å². The Balaban J connectivity index is 1.96. The third kappa shape index (κ3) is 3.89. The van der Waals surface area contributed by atoms with E-state index in [9.17, 15) is 13.2 Å². The topological polar surface area (TPSA) is 12.0 Å². The third-order valence-electron chi connectivity index (χ3n) is 4.02. The summed E-state index contributed by atoms with van der Waals surface area (Å²) in [5, 5.41) is 3.45. The lowest BCUT2D eigenvalue weighted by Gasteiger charge is -2.36. The molecule has 0 saturated heterocycles. The minimum Gasteiger partial charge on any atom is -0.306 e. The second-order valence-corrected chi connectivity index (χ2v) is 5.79. The van der Waals surface area contributed by atoms with Crippen LogP contribution >= 0.6 is 11.6 Å². The molecule has 1 aliphatic carbocycles. The van der Waals surface area contributed by atoms with E-state index in [4.69, 9.17) is 11.6 Å². The zero-order valence-electron chi connectivity index (χ0n) is 11.3. The van der Waals surface area contributed by atoms with E-state index in [-0.39, 0.29) is 5.54 Å². The van der Waals surface area contributed by atoms with Gasteiger partial charge in [-0.2, -0.15) is 13.2 Å². The maximum atomic E-state index is 12.5. The van der Waals surface area contributed by atoms with Crippen molar-refractivity contribution in [1.29, 1.82) is 0 Å². The van der Waals surface area contributed by atoms with Crippen molar-refractivity contribution in [2.45, 2.75) is 50.4 Å². The van der Waals surface area contributed by atoms with Crippen molar-refractivity contribution >= 4 is 11.6 Å². The smallest absolute Gasteiger partial charge is 0.306 e. The number of halogens is 4. The fourth-order valence-electron chi connectivity index (χ4n) is 2.69. The predicted octanol–water partition coefficient (Wildman–Crippen LogP) is 4.74. The number of nitrogens with one attached hydrogen (secondary N) is 1. The SMILES string of the molecule is FC(F)(F)c1ccc(CNC2(CCl)CCCCC2)cc1. The lowest BCUT2D eigenvalue weighted by molar-refractivity contribution is -0.137. The molecule has 0 unspecified atom stereocenters. The van der Waals surface area contributed by atoms with Crippen molar-refractivity contribution in [1.82, 2.24) is 5.32 Å². The van der Waals surface area contributed by atoms with Crippen LogP contribution in [0.3, 0.4) is 0 Å². The minimum absolute atomic E-state index is 0.0531. The van der Waals surface area contributed by atoms with E-state index in [0.717, 1.165) is 43.4 Å². The summed E-state index contributed by atoms with van der Waals surface area (Å²) in [6, 6.07) is 5.32. The van der Waals surface area contributed by atoms with Crippen LogP contribution in [0.1, 0.15) is 43.2 Å². The Labute approximate surface area is 122 Å². The van der Waals surface area contributed by atoms with Gasteiger partial charge in [0.05, 0.1) is 5.56 Å². The molecule has 1 aromatic rings. The van der Waals surface area contributed by atoms with E-state index < -0.39 is 11.7 Å². The molecular weight excluding hydrogens is 287 g/mol. The summed E-state index contributed by atoms with van der Waals surface area (Å²) < 4.78 is 37.4. The molecule has 0 spiro atoms. The van der Waals surface area contributed by atoms with Gasteiger partial charge in [-0.3, -0.25) is 0 Å². The van der Waals surface area contributed by atoms with Gasteiger partial charge in [0.1, 0.15) is 0 Å². The summed E-state index contributed by atoms with van der Waals surface area (Å²) in [6.07, 6.45) is 1.36. The summed E-state index contributed by atoms with van der Waals surface area (Å²) in [5.74, 6) is 0.549. The molecular formula is C15H19ClF3N. The number of rotatable bonds is 4. The normalized spacial score (nSPS) is 19.0. The molecule has 0 amide bonds. The van der Waals surface area contributed by atoms with Crippen LogP contribution in [0.15, 0.2) is 24.3 Å². The number of alkyl halides is 4. The first-order valence-electron chi connectivity index (χ1n) is 6.92. The summed E-state index contributed by atoms with van der Waals surface area (Å²) in [5.41, 5.74) is 0.196. The molecule has 1 aromatic carbocycles. The molecule has 0 aliphatic heterocycles. The van der Waals surface area contributed by atoms with Crippen LogP contribution in [0.5, 0.6) is 0 Å². The van der Waals surface area contributed by atoms with Crippen molar-refractivity contribution in [3.8, 4) is 0 Å².